The van der Waals surface area contributed by atoms with Crippen LogP contribution in [-0.2, 0) is 0 Å². The third kappa shape index (κ3) is 3.74. The summed E-state index contributed by atoms with van der Waals surface area (Å²) < 4.78 is 11.2. The molecule has 4 rings (SSSR count). The summed E-state index contributed by atoms with van der Waals surface area (Å²) in [5, 5.41) is 12.1. The summed E-state index contributed by atoms with van der Waals surface area (Å²) in [6.07, 6.45) is 0. The van der Waals surface area contributed by atoms with Gasteiger partial charge in [0.15, 0.2) is 0 Å². The van der Waals surface area contributed by atoms with Crippen LogP contribution in [0, 0.1) is 17.0 Å². The van der Waals surface area contributed by atoms with E-state index in [1.165, 1.54) is 18.2 Å². The number of carbonyl (C=O) groups is 1. The van der Waals surface area contributed by atoms with Gasteiger partial charge >= 0.3 is 11.3 Å². The van der Waals surface area contributed by atoms with Gasteiger partial charge in [0.2, 0.25) is 11.7 Å². The van der Waals surface area contributed by atoms with Crippen LogP contribution in [0.3, 0.4) is 0 Å². The minimum atomic E-state index is -0.785. The normalized spacial score (nSPS) is 10.7. The van der Waals surface area contributed by atoms with Crippen LogP contribution in [0.1, 0.15) is 15.9 Å². The van der Waals surface area contributed by atoms with Gasteiger partial charge in [-0.3, -0.25) is 14.9 Å². The van der Waals surface area contributed by atoms with Gasteiger partial charge in [-0.15, -0.1) is 0 Å². The molecule has 3 aromatic carbocycles. The minimum absolute atomic E-state index is 0.00668. The Balaban J connectivity index is 1.84. The molecule has 0 fully saturated rings. The highest BCUT2D eigenvalue weighted by Crippen LogP contribution is 2.37. The molecule has 0 atom stereocenters. The van der Waals surface area contributed by atoms with Crippen molar-refractivity contribution in [3.8, 4) is 22.6 Å². The molecule has 1 aromatic heterocycles. The monoisotopic (exact) mass is 416 g/mol. The molecular formula is C23H16N2O6. The number of primary amides is 1. The van der Waals surface area contributed by atoms with E-state index in [0.717, 1.165) is 11.6 Å². The Kier molecular flexibility index (Phi) is 4.96. The van der Waals surface area contributed by atoms with E-state index in [-0.39, 0.29) is 17.1 Å². The molecule has 8 heteroatoms. The second kappa shape index (κ2) is 7.75. The van der Waals surface area contributed by atoms with Crippen molar-refractivity contribution in [3.05, 3.63) is 98.4 Å². The molecule has 0 aliphatic rings. The Bertz CT molecular complexity index is 1390. The highest BCUT2D eigenvalue weighted by Gasteiger charge is 2.20. The van der Waals surface area contributed by atoms with Crippen LogP contribution in [0.15, 0.2) is 75.9 Å². The third-order valence-corrected chi connectivity index (χ3v) is 4.86. The maximum Gasteiger partial charge on any atom is 0.336 e. The van der Waals surface area contributed by atoms with Crippen molar-refractivity contribution in [2.75, 3.05) is 0 Å². The highest BCUT2D eigenvalue weighted by atomic mass is 16.6. The number of hydrogen-bond acceptors (Lipinski definition) is 6. The van der Waals surface area contributed by atoms with Crippen molar-refractivity contribution in [3.63, 3.8) is 0 Å². The van der Waals surface area contributed by atoms with Crippen molar-refractivity contribution in [1.82, 2.24) is 0 Å². The van der Waals surface area contributed by atoms with Crippen LogP contribution >= 0.6 is 0 Å². The number of nitro groups is 1. The first-order valence-corrected chi connectivity index (χ1v) is 9.24. The Morgan fingerprint density at radius 2 is 1.74 bits per heavy atom. The number of nitro benzene ring substituents is 1. The van der Waals surface area contributed by atoms with Gasteiger partial charge in [-0.05, 0) is 42.3 Å². The number of ether oxygens (including phenoxy) is 1. The lowest BCUT2D eigenvalue weighted by atomic mass is 10.00. The van der Waals surface area contributed by atoms with E-state index in [0.29, 0.717) is 22.1 Å². The standard InChI is InChI=1S/C23H16N2O6/c1-13-19(30-20-9-7-15(23(24)27)11-18(20)25(28)29)10-8-16-17(12-21(26)31-22(13)16)14-5-3-2-4-6-14/h2-12H,1H3,(H2,24,27). The van der Waals surface area contributed by atoms with Crippen LogP contribution in [0.5, 0.6) is 11.5 Å². The second-order valence-corrected chi connectivity index (χ2v) is 6.82. The molecule has 0 aliphatic carbocycles. The molecular weight excluding hydrogens is 400 g/mol. The van der Waals surface area contributed by atoms with E-state index in [9.17, 15) is 19.7 Å². The SMILES string of the molecule is Cc1c(Oc2ccc(C(N)=O)cc2[N+](=O)[O-])ccc2c(-c3ccccc3)cc(=O)oc12. The quantitative estimate of drug-likeness (QED) is 0.289. The molecule has 0 saturated carbocycles. The zero-order chi connectivity index (χ0) is 22.1. The van der Waals surface area contributed by atoms with Crippen molar-refractivity contribution >= 4 is 22.6 Å². The Morgan fingerprint density at radius 3 is 2.42 bits per heavy atom. The molecule has 0 bridgehead atoms. The number of nitrogens with zero attached hydrogens (tertiary/aromatic N) is 1. The minimum Gasteiger partial charge on any atom is -0.450 e. The van der Waals surface area contributed by atoms with Crippen molar-refractivity contribution in [2.24, 2.45) is 5.73 Å². The lowest BCUT2D eigenvalue weighted by molar-refractivity contribution is -0.385. The average molecular weight is 416 g/mol. The van der Waals surface area contributed by atoms with E-state index in [4.69, 9.17) is 14.9 Å². The summed E-state index contributed by atoms with van der Waals surface area (Å²) in [4.78, 5) is 34.3. The number of nitrogens with two attached hydrogens (primary N) is 1. The van der Waals surface area contributed by atoms with E-state index < -0.39 is 22.1 Å². The van der Waals surface area contributed by atoms with Gasteiger partial charge in [0.05, 0.1) is 4.92 Å². The van der Waals surface area contributed by atoms with Crippen LogP contribution in [-0.4, -0.2) is 10.8 Å². The van der Waals surface area contributed by atoms with E-state index in [1.54, 1.807) is 19.1 Å². The number of carbonyl (C=O) groups excluding carboxylic acids is 1. The van der Waals surface area contributed by atoms with Gasteiger partial charge in [-0.2, -0.15) is 0 Å². The van der Waals surface area contributed by atoms with Gasteiger partial charge in [0.1, 0.15) is 11.3 Å². The molecule has 1 heterocycles. The molecule has 2 N–H and O–H groups in total. The smallest absolute Gasteiger partial charge is 0.336 e. The summed E-state index contributed by atoms with van der Waals surface area (Å²) >= 11 is 0. The Labute approximate surface area is 175 Å². The predicted molar refractivity (Wildman–Crippen MR) is 114 cm³/mol. The van der Waals surface area contributed by atoms with Gasteiger partial charge < -0.3 is 14.9 Å². The average Bonchev–Trinajstić information content (AvgIpc) is 2.76. The van der Waals surface area contributed by atoms with Gasteiger partial charge in [0.25, 0.3) is 0 Å². The maximum absolute atomic E-state index is 12.2. The number of amides is 1. The lowest BCUT2D eigenvalue weighted by Gasteiger charge is -2.13. The largest absolute Gasteiger partial charge is 0.450 e. The van der Waals surface area contributed by atoms with Crippen molar-refractivity contribution < 1.29 is 18.9 Å². The lowest BCUT2D eigenvalue weighted by Crippen LogP contribution is -2.11. The molecule has 0 unspecified atom stereocenters. The Morgan fingerprint density at radius 1 is 1.03 bits per heavy atom. The molecule has 31 heavy (non-hydrogen) atoms. The second-order valence-electron chi connectivity index (χ2n) is 6.82. The molecule has 8 nitrogen and oxygen atoms in total. The van der Waals surface area contributed by atoms with Gasteiger partial charge in [-0.1, -0.05) is 30.3 Å². The van der Waals surface area contributed by atoms with Crippen LogP contribution in [0.25, 0.3) is 22.1 Å². The molecule has 0 saturated heterocycles. The number of rotatable bonds is 5. The van der Waals surface area contributed by atoms with Crippen LogP contribution < -0.4 is 16.1 Å². The topological polar surface area (TPSA) is 126 Å². The zero-order valence-corrected chi connectivity index (χ0v) is 16.3. The summed E-state index contributed by atoms with van der Waals surface area (Å²) in [6, 6.07) is 17.9. The first kappa shape index (κ1) is 19.8. The molecule has 0 spiro atoms. The first-order chi connectivity index (χ1) is 14.8. The maximum atomic E-state index is 12.2. The number of hydrogen-bond donors (Lipinski definition) is 1. The molecule has 0 radical (unpaired) electrons. The van der Waals surface area contributed by atoms with E-state index >= 15 is 0 Å². The summed E-state index contributed by atoms with van der Waals surface area (Å²) in [5.41, 5.74) is 6.65. The van der Waals surface area contributed by atoms with Crippen molar-refractivity contribution in [1.29, 1.82) is 0 Å². The van der Waals surface area contributed by atoms with Gasteiger partial charge in [-0.25, -0.2) is 4.79 Å². The third-order valence-electron chi connectivity index (χ3n) is 4.86. The molecule has 154 valence electrons. The van der Waals surface area contributed by atoms with Gasteiger partial charge in [0, 0.05) is 28.6 Å². The first-order valence-electron chi connectivity index (χ1n) is 9.24. The number of benzene rings is 3. The fourth-order valence-corrected chi connectivity index (χ4v) is 3.33. The van der Waals surface area contributed by atoms with Crippen LogP contribution in [0.4, 0.5) is 5.69 Å². The molecule has 0 aliphatic heterocycles. The summed E-state index contributed by atoms with van der Waals surface area (Å²) in [7, 11) is 0. The van der Waals surface area contributed by atoms with Crippen molar-refractivity contribution in [2.45, 2.75) is 6.92 Å². The summed E-state index contributed by atoms with van der Waals surface area (Å²) in [6.45, 7) is 1.69. The summed E-state index contributed by atoms with van der Waals surface area (Å²) in [5.74, 6) is -0.582. The fraction of sp³-hybridized carbons (Fsp3) is 0.0435. The Hall–Kier alpha value is -4.46. The highest BCUT2D eigenvalue weighted by molar-refractivity contribution is 5.96. The molecule has 1 amide bonds. The predicted octanol–water partition coefficient (Wildman–Crippen LogP) is 4.57. The fourth-order valence-electron chi connectivity index (χ4n) is 3.33. The van der Waals surface area contributed by atoms with E-state index in [1.807, 2.05) is 30.3 Å². The van der Waals surface area contributed by atoms with E-state index in [2.05, 4.69) is 0 Å². The number of aryl methyl sites for hydroxylation is 1. The molecule has 4 aromatic rings. The zero-order valence-electron chi connectivity index (χ0n) is 16.3. The van der Waals surface area contributed by atoms with Crippen LogP contribution in [0.2, 0.25) is 0 Å². The number of fused-ring (bicyclic) bond motifs is 1.